The van der Waals surface area contributed by atoms with Crippen LogP contribution >= 0.6 is 11.8 Å². The number of hydrogen-bond acceptors (Lipinski definition) is 4. The van der Waals surface area contributed by atoms with Crippen molar-refractivity contribution in [1.29, 1.82) is 0 Å². The largest absolute Gasteiger partial charge is 0.218 e. The SMILES string of the molecule is Cc1ccc(Sc2nnnn2-c2ccccc2)c(C)c1. The second-order valence-electron chi connectivity index (χ2n) is 4.58. The van der Waals surface area contributed by atoms with Gasteiger partial charge in [-0.3, -0.25) is 0 Å². The van der Waals surface area contributed by atoms with Crippen LogP contribution in [0.5, 0.6) is 0 Å². The Balaban J connectivity index is 1.95. The molecule has 1 heterocycles. The van der Waals surface area contributed by atoms with Crippen LogP contribution in [-0.4, -0.2) is 20.2 Å². The predicted molar refractivity (Wildman–Crippen MR) is 79.2 cm³/mol. The molecule has 0 unspecified atom stereocenters. The lowest BCUT2D eigenvalue weighted by molar-refractivity contribution is 0.756. The Kier molecular flexibility index (Phi) is 3.52. The van der Waals surface area contributed by atoms with E-state index in [1.807, 2.05) is 30.3 Å². The van der Waals surface area contributed by atoms with Crippen LogP contribution in [0.15, 0.2) is 58.6 Å². The molecule has 0 aliphatic carbocycles. The molecule has 4 nitrogen and oxygen atoms in total. The van der Waals surface area contributed by atoms with Crippen LogP contribution in [-0.2, 0) is 0 Å². The molecule has 0 saturated carbocycles. The van der Waals surface area contributed by atoms with Crippen LogP contribution in [0.1, 0.15) is 11.1 Å². The van der Waals surface area contributed by atoms with Crippen LogP contribution in [0.3, 0.4) is 0 Å². The Hall–Kier alpha value is -2.14. The molecule has 0 fully saturated rings. The number of aromatic nitrogens is 4. The standard InChI is InChI=1S/C15H14N4S/c1-11-8-9-14(12(2)10-11)20-15-16-17-18-19(15)13-6-4-3-5-7-13/h3-10H,1-2H3. The van der Waals surface area contributed by atoms with Crippen LogP contribution in [0.4, 0.5) is 0 Å². The molecular weight excluding hydrogens is 268 g/mol. The Morgan fingerprint density at radius 2 is 1.80 bits per heavy atom. The normalized spacial score (nSPS) is 10.7. The van der Waals surface area contributed by atoms with E-state index in [0.29, 0.717) is 0 Å². The number of rotatable bonds is 3. The average Bonchev–Trinajstić information content (AvgIpc) is 2.91. The summed E-state index contributed by atoms with van der Waals surface area (Å²) in [5.74, 6) is 0. The highest BCUT2D eigenvalue weighted by atomic mass is 32.2. The van der Waals surface area contributed by atoms with Gasteiger partial charge in [0.15, 0.2) is 0 Å². The van der Waals surface area contributed by atoms with Gasteiger partial charge in [0.1, 0.15) is 0 Å². The minimum absolute atomic E-state index is 0.767. The van der Waals surface area contributed by atoms with E-state index in [0.717, 1.165) is 10.8 Å². The van der Waals surface area contributed by atoms with Crippen molar-refractivity contribution >= 4 is 11.8 Å². The van der Waals surface area contributed by atoms with Gasteiger partial charge in [-0.15, -0.1) is 5.10 Å². The first-order chi connectivity index (χ1) is 9.74. The maximum Gasteiger partial charge on any atom is 0.218 e. The summed E-state index contributed by atoms with van der Waals surface area (Å²) in [5.41, 5.74) is 3.46. The van der Waals surface area contributed by atoms with Gasteiger partial charge < -0.3 is 0 Å². The fourth-order valence-electron chi connectivity index (χ4n) is 1.99. The number of nitrogens with zero attached hydrogens (tertiary/aromatic N) is 4. The number of benzene rings is 2. The van der Waals surface area contributed by atoms with Crippen molar-refractivity contribution in [3.63, 3.8) is 0 Å². The Morgan fingerprint density at radius 1 is 1.00 bits per heavy atom. The Bertz CT molecular complexity index is 722. The highest BCUT2D eigenvalue weighted by Crippen LogP contribution is 2.29. The van der Waals surface area contributed by atoms with Crippen LogP contribution in [0, 0.1) is 13.8 Å². The quantitative estimate of drug-likeness (QED) is 0.738. The smallest absolute Gasteiger partial charge is 0.187 e. The number of tetrazole rings is 1. The van der Waals surface area contributed by atoms with Crippen LogP contribution < -0.4 is 0 Å². The first-order valence-corrected chi connectivity index (χ1v) is 7.14. The van der Waals surface area contributed by atoms with Gasteiger partial charge in [0.2, 0.25) is 5.16 Å². The Morgan fingerprint density at radius 3 is 2.55 bits per heavy atom. The maximum absolute atomic E-state index is 4.12. The van der Waals surface area contributed by atoms with E-state index in [2.05, 4.69) is 47.6 Å². The molecular formula is C15H14N4S. The lowest BCUT2D eigenvalue weighted by Crippen LogP contribution is -1.98. The summed E-state index contributed by atoms with van der Waals surface area (Å²) in [7, 11) is 0. The zero-order valence-corrected chi connectivity index (χ0v) is 12.1. The lowest BCUT2D eigenvalue weighted by atomic mass is 10.2. The van der Waals surface area contributed by atoms with Gasteiger partial charge in [-0.2, -0.15) is 4.68 Å². The number of para-hydroxylation sites is 1. The van der Waals surface area contributed by atoms with Gasteiger partial charge in [0.25, 0.3) is 0 Å². The van der Waals surface area contributed by atoms with Gasteiger partial charge >= 0.3 is 0 Å². The molecule has 3 rings (SSSR count). The lowest BCUT2D eigenvalue weighted by Gasteiger charge is -2.06. The van der Waals surface area contributed by atoms with Gasteiger partial charge in [0, 0.05) is 4.90 Å². The van der Waals surface area contributed by atoms with E-state index in [9.17, 15) is 0 Å². The van der Waals surface area contributed by atoms with E-state index in [4.69, 9.17) is 0 Å². The summed E-state index contributed by atoms with van der Waals surface area (Å²) in [6.07, 6.45) is 0. The predicted octanol–water partition coefficient (Wildman–Crippen LogP) is 3.43. The van der Waals surface area contributed by atoms with Crippen molar-refractivity contribution in [2.45, 2.75) is 23.9 Å². The van der Waals surface area contributed by atoms with E-state index in [1.54, 1.807) is 16.4 Å². The summed E-state index contributed by atoms with van der Waals surface area (Å²) in [6.45, 7) is 4.20. The second-order valence-corrected chi connectivity index (χ2v) is 5.59. The highest BCUT2D eigenvalue weighted by Gasteiger charge is 2.11. The zero-order chi connectivity index (χ0) is 13.9. The number of aryl methyl sites for hydroxylation is 2. The molecule has 2 aromatic carbocycles. The molecule has 5 heteroatoms. The minimum Gasteiger partial charge on any atom is -0.187 e. The molecule has 0 aliphatic rings. The molecule has 0 spiro atoms. The third-order valence-corrected chi connectivity index (χ3v) is 4.09. The molecule has 100 valence electrons. The average molecular weight is 282 g/mol. The Labute approximate surface area is 121 Å². The molecule has 0 aliphatic heterocycles. The van der Waals surface area contributed by atoms with Gasteiger partial charge in [0.05, 0.1) is 5.69 Å². The number of hydrogen-bond donors (Lipinski definition) is 0. The van der Waals surface area contributed by atoms with E-state index >= 15 is 0 Å². The molecule has 20 heavy (non-hydrogen) atoms. The van der Waals surface area contributed by atoms with Gasteiger partial charge in [-0.05, 0) is 59.8 Å². The van der Waals surface area contributed by atoms with Crippen LogP contribution in [0.2, 0.25) is 0 Å². The third kappa shape index (κ3) is 2.58. The molecule has 0 radical (unpaired) electrons. The molecule has 0 N–H and O–H groups in total. The van der Waals surface area contributed by atoms with Gasteiger partial charge in [-0.25, -0.2) is 0 Å². The molecule has 0 bridgehead atoms. The van der Waals surface area contributed by atoms with Gasteiger partial charge in [-0.1, -0.05) is 35.9 Å². The summed E-state index contributed by atoms with van der Waals surface area (Å²) in [4.78, 5) is 1.17. The fourth-order valence-corrected chi connectivity index (χ4v) is 2.84. The molecule has 0 saturated heterocycles. The summed E-state index contributed by atoms with van der Waals surface area (Å²) >= 11 is 1.58. The highest BCUT2D eigenvalue weighted by molar-refractivity contribution is 7.99. The summed E-state index contributed by atoms with van der Waals surface area (Å²) in [6, 6.07) is 16.3. The molecule has 0 atom stereocenters. The van der Waals surface area contributed by atoms with Crippen molar-refractivity contribution in [3.8, 4) is 5.69 Å². The molecule has 3 aromatic rings. The van der Waals surface area contributed by atoms with Crippen molar-refractivity contribution in [1.82, 2.24) is 20.2 Å². The van der Waals surface area contributed by atoms with Crippen molar-refractivity contribution in [2.75, 3.05) is 0 Å². The topological polar surface area (TPSA) is 43.6 Å². The summed E-state index contributed by atoms with van der Waals surface area (Å²) in [5, 5.41) is 12.7. The first-order valence-electron chi connectivity index (χ1n) is 6.33. The third-order valence-electron chi connectivity index (χ3n) is 2.97. The second kappa shape index (κ2) is 5.46. The molecule has 0 amide bonds. The van der Waals surface area contributed by atoms with Crippen molar-refractivity contribution < 1.29 is 0 Å². The van der Waals surface area contributed by atoms with E-state index < -0.39 is 0 Å². The maximum atomic E-state index is 4.12. The molecule has 1 aromatic heterocycles. The van der Waals surface area contributed by atoms with Crippen LogP contribution in [0.25, 0.3) is 5.69 Å². The van der Waals surface area contributed by atoms with Crippen molar-refractivity contribution in [2.24, 2.45) is 0 Å². The first kappa shape index (κ1) is 12.9. The van der Waals surface area contributed by atoms with Crippen molar-refractivity contribution in [3.05, 3.63) is 59.7 Å². The van der Waals surface area contributed by atoms with E-state index in [1.165, 1.54) is 16.0 Å². The monoisotopic (exact) mass is 282 g/mol. The fraction of sp³-hybridized carbons (Fsp3) is 0.133. The minimum atomic E-state index is 0.767. The summed E-state index contributed by atoms with van der Waals surface area (Å²) < 4.78 is 1.75. The zero-order valence-electron chi connectivity index (χ0n) is 11.3. The van der Waals surface area contributed by atoms with E-state index in [-0.39, 0.29) is 0 Å².